The SMILES string of the molecule is Cc1ccc(-c2csc3ncnc(N4CCC(CCN5CCOCC5)CC4)c23)cc1. The Kier molecular flexibility index (Phi) is 5.97. The number of benzene rings is 1. The summed E-state index contributed by atoms with van der Waals surface area (Å²) >= 11 is 1.72. The van der Waals surface area contributed by atoms with Crippen molar-refractivity contribution in [1.29, 1.82) is 0 Å². The largest absolute Gasteiger partial charge is 0.379 e. The average molecular weight is 423 g/mol. The van der Waals surface area contributed by atoms with E-state index >= 15 is 0 Å². The number of fused-ring (bicyclic) bond motifs is 1. The molecule has 3 aromatic rings. The second-order valence-corrected chi connectivity index (χ2v) is 9.42. The molecule has 5 rings (SSSR count). The first-order valence-electron chi connectivity index (χ1n) is 11.1. The van der Waals surface area contributed by atoms with Crippen LogP contribution in [0, 0.1) is 12.8 Å². The Bertz CT molecular complexity index is 973. The zero-order valence-electron chi connectivity index (χ0n) is 17.7. The molecule has 0 aliphatic carbocycles. The van der Waals surface area contributed by atoms with Crippen LogP contribution in [0.2, 0.25) is 0 Å². The predicted molar refractivity (Wildman–Crippen MR) is 124 cm³/mol. The molecule has 2 saturated heterocycles. The number of hydrogen-bond donors (Lipinski definition) is 0. The van der Waals surface area contributed by atoms with Gasteiger partial charge in [-0.25, -0.2) is 9.97 Å². The number of aromatic nitrogens is 2. The number of aryl methyl sites for hydroxylation is 1. The first-order valence-corrected chi connectivity index (χ1v) is 12.0. The van der Waals surface area contributed by atoms with Crippen LogP contribution in [0.1, 0.15) is 24.8 Å². The summed E-state index contributed by atoms with van der Waals surface area (Å²) in [6.45, 7) is 9.50. The van der Waals surface area contributed by atoms with Crippen LogP contribution in [0.5, 0.6) is 0 Å². The van der Waals surface area contributed by atoms with Crippen molar-refractivity contribution < 1.29 is 4.74 Å². The molecule has 2 aliphatic heterocycles. The van der Waals surface area contributed by atoms with Gasteiger partial charge in [-0.1, -0.05) is 29.8 Å². The zero-order valence-corrected chi connectivity index (χ0v) is 18.5. The van der Waals surface area contributed by atoms with Gasteiger partial charge in [0.15, 0.2) is 0 Å². The molecule has 0 N–H and O–H groups in total. The van der Waals surface area contributed by atoms with Gasteiger partial charge in [0.05, 0.1) is 18.6 Å². The minimum absolute atomic E-state index is 0.820. The third-order valence-corrected chi connectivity index (χ3v) is 7.47. The number of hydrogen-bond acceptors (Lipinski definition) is 6. The van der Waals surface area contributed by atoms with E-state index in [0.717, 1.165) is 56.0 Å². The highest BCUT2D eigenvalue weighted by Crippen LogP contribution is 2.39. The normalized spacial score (nSPS) is 18.9. The van der Waals surface area contributed by atoms with E-state index in [1.54, 1.807) is 17.7 Å². The third-order valence-electron chi connectivity index (χ3n) is 6.58. The standard InChI is InChI=1S/C24H30N4OS/c1-18-2-4-20(5-3-18)21-16-30-24-22(21)23(25-17-26-24)28-10-7-19(8-11-28)6-9-27-12-14-29-15-13-27/h2-5,16-17,19H,6-15H2,1H3. The van der Waals surface area contributed by atoms with E-state index in [0.29, 0.717) is 0 Å². The summed E-state index contributed by atoms with van der Waals surface area (Å²) in [5.74, 6) is 1.93. The summed E-state index contributed by atoms with van der Waals surface area (Å²) in [6, 6.07) is 8.79. The number of rotatable bonds is 5. The smallest absolute Gasteiger partial charge is 0.141 e. The van der Waals surface area contributed by atoms with Gasteiger partial charge in [-0.15, -0.1) is 11.3 Å². The minimum Gasteiger partial charge on any atom is -0.379 e. The van der Waals surface area contributed by atoms with Gasteiger partial charge in [-0.05, 0) is 44.2 Å². The molecule has 4 heterocycles. The van der Waals surface area contributed by atoms with Gasteiger partial charge in [-0.2, -0.15) is 0 Å². The number of piperidine rings is 1. The molecule has 1 aromatic carbocycles. The lowest BCUT2D eigenvalue weighted by atomic mass is 9.93. The molecule has 2 aromatic heterocycles. The quantitative estimate of drug-likeness (QED) is 0.601. The molecule has 0 saturated carbocycles. The average Bonchev–Trinajstić information content (AvgIpc) is 3.24. The Balaban J connectivity index is 1.30. The molecular formula is C24H30N4OS. The molecule has 5 nitrogen and oxygen atoms in total. The van der Waals surface area contributed by atoms with Gasteiger partial charge in [-0.3, -0.25) is 4.90 Å². The zero-order chi connectivity index (χ0) is 20.3. The van der Waals surface area contributed by atoms with Crippen molar-refractivity contribution in [2.75, 3.05) is 50.8 Å². The maximum atomic E-state index is 5.47. The Labute approximate surface area is 182 Å². The van der Waals surface area contributed by atoms with E-state index in [4.69, 9.17) is 9.72 Å². The van der Waals surface area contributed by atoms with Crippen molar-refractivity contribution in [3.8, 4) is 11.1 Å². The van der Waals surface area contributed by atoms with Crippen LogP contribution < -0.4 is 4.90 Å². The molecule has 0 unspecified atom stereocenters. The Morgan fingerprint density at radius 1 is 1.03 bits per heavy atom. The molecule has 0 atom stereocenters. The van der Waals surface area contributed by atoms with E-state index in [9.17, 15) is 0 Å². The highest BCUT2D eigenvalue weighted by molar-refractivity contribution is 7.17. The van der Waals surface area contributed by atoms with Crippen molar-refractivity contribution >= 4 is 27.4 Å². The summed E-state index contributed by atoms with van der Waals surface area (Å²) in [7, 11) is 0. The Morgan fingerprint density at radius 2 is 1.80 bits per heavy atom. The number of nitrogens with zero attached hydrogens (tertiary/aromatic N) is 4. The maximum Gasteiger partial charge on any atom is 0.141 e. The summed E-state index contributed by atoms with van der Waals surface area (Å²) in [5, 5.41) is 3.46. The Morgan fingerprint density at radius 3 is 2.57 bits per heavy atom. The lowest BCUT2D eigenvalue weighted by Gasteiger charge is -2.34. The van der Waals surface area contributed by atoms with Gasteiger partial charge >= 0.3 is 0 Å². The van der Waals surface area contributed by atoms with Crippen LogP contribution in [0.3, 0.4) is 0 Å². The van der Waals surface area contributed by atoms with Crippen molar-refractivity contribution in [2.45, 2.75) is 26.2 Å². The fourth-order valence-electron chi connectivity index (χ4n) is 4.67. The van der Waals surface area contributed by atoms with Crippen molar-refractivity contribution in [1.82, 2.24) is 14.9 Å². The minimum atomic E-state index is 0.820. The van der Waals surface area contributed by atoms with E-state index in [-0.39, 0.29) is 0 Å². The lowest BCUT2D eigenvalue weighted by Crippen LogP contribution is -2.39. The van der Waals surface area contributed by atoms with Crippen LogP contribution in [-0.2, 0) is 4.74 Å². The molecule has 0 spiro atoms. The third kappa shape index (κ3) is 4.22. The molecule has 30 heavy (non-hydrogen) atoms. The van der Waals surface area contributed by atoms with Gasteiger partial charge in [0, 0.05) is 37.1 Å². The molecule has 2 aliphatic rings. The van der Waals surface area contributed by atoms with Gasteiger partial charge in [0.1, 0.15) is 17.0 Å². The van der Waals surface area contributed by atoms with Crippen LogP contribution in [0.4, 0.5) is 5.82 Å². The van der Waals surface area contributed by atoms with Crippen molar-refractivity contribution in [3.63, 3.8) is 0 Å². The van der Waals surface area contributed by atoms with Crippen LogP contribution in [0.15, 0.2) is 36.0 Å². The highest BCUT2D eigenvalue weighted by atomic mass is 32.1. The molecule has 158 valence electrons. The second kappa shape index (κ2) is 9.00. The summed E-state index contributed by atoms with van der Waals surface area (Å²) in [4.78, 5) is 15.4. The summed E-state index contributed by atoms with van der Waals surface area (Å²) in [6.07, 6.45) is 5.54. The van der Waals surface area contributed by atoms with Crippen LogP contribution in [-0.4, -0.2) is 60.8 Å². The summed E-state index contributed by atoms with van der Waals surface area (Å²) < 4.78 is 5.47. The van der Waals surface area contributed by atoms with Crippen molar-refractivity contribution in [3.05, 3.63) is 41.5 Å². The topological polar surface area (TPSA) is 41.5 Å². The molecule has 0 amide bonds. The fraction of sp³-hybridized carbons (Fsp3) is 0.500. The lowest BCUT2D eigenvalue weighted by molar-refractivity contribution is 0.0349. The number of anilines is 1. The van der Waals surface area contributed by atoms with Crippen LogP contribution in [0.25, 0.3) is 21.3 Å². The molecule has 0 radical (unpaired) electrons. The number of thiophene rings is 1. The van der Waals surface area contributed by atoms with Gasteiger partial charge in [0.2, 0.25) is 0 Å². The predicted octanol–water partition coefficient (Wildman–Crippen LogP) is 4.61. The fourth-order valence-corrected chi connectivity index (χ4v) is 5.58. The molecule has 2 fully saturated rings. The van der Waals surface area contributed by atoms with E-state index < -0.39 is 0 Å². The summed E-state index contributed by atoms with van der Waals surface area (Å²) in [5.41, 5.74) is 3.80. The number of ether oxygens (including phenoxy) is 1. The molecule has 6 heteroatoms. The van der Waals surface area contributed by atoms with Crippen LogP contribution >= 0.6 is 11.3 Å². The molecule has 0 bridgehead atoms. The highest BCUT2D eigenvalue weighted by Gasteiger charge is 2.24. The first kappa shape index (κ1) is 19.9. The maximum absolute atomic E-state index is 5.47. The van der Waals surface area contributed by atoms with E-state index in [1.165, 1.54) is 47.9 Å². The number of morpholine rings is 1. The molecular weight excluding hydrogens is 392 g/mol. The van der Waals surface area contributed by atoms with E-state index in [1.807, 2.05) is 0 Å². The Hall–Kier alpha value is -2.02. The van der Waals surface area contributed by atoms with Gasteiger partial charge in [0.25, 0.3) is 0 Å². The van der Waals surface area contributed by atoms with Gasteiger partial charge < -0.3 is 9.64 Å². The second-order valence-electron chi connectivity index (χ2n) is 8.57. The first-order chi connectivity index (χ1) is 14.8. The van der Waals surface area contributed by atoms with E-state index in [2.05, 4.69) is 51.4 Å². The monoisotopic (exact) mass is 422 g/mol. The van der Waals surface area contributed by atoms with Crippen molar-refractivity contribution in [2.24, 2.45) is 5.92 Å².